The first-order valence-corrected chi connectivity index (χ1v) is 10.8. The average molecular weight is 399 g/mol. The van der Waals surface area contributed by atoms with Gasteiger partial charge in [-0.1, -0.05) is 30.2 Å². The number of halogens is 1. The first-order chi connectivity index (χ1) is 12.0. The molecule has 1 amide bonds. The molecule has 1 fully saturated rings. The fraction of sp³-hybridized carbons (Fsp3) is 0.353. The number of hydrogen-bond donors (Lipinski definition) is 1. The van der Waals surface area contributed by atoms with Gasteiger partial charge in [0, 0.05) is 29.7 Å². The maximum atomic E-state index is 12.8. The number of anilines is 1. The highest BCUT2D eigenvalue weighted by Crippen LogP contribution is 2.29. The highest BCUT2D eigenvalue weighted by molar-refractivity contribution is 7.91. The van der Waals surface area contributed by atoms with Crippen LogP contribution in [0.2, 0.25) is 5.02 Å². The third-order valence-electron chi connectivity index (χ3n) is 4.16. The van der Waals surface area contributed by atoms with E-state index in [0.717, 1.165) is 12.8 Å². The molecule has 0 unspecified atom stereocenters. The van der Waals surface area contributed by atoms with Crippen molar-refractivity contribution in [1.29, 1.82) is 0 Å². The van der Waals surface area contributed by atoms with E-state index in [-0.39, 0.29) is 18.4 Å². The number of sulfonamides is 1. The van der Waals surface area contributed by atoms with Crippen molar-refractivity contribution in [2.45, 2.75) is 35.9 Å². The smallest absolute Gasteiger partial charge is 0.252 e. The summed E-state index contributed by atoms with van der Waals surface area (Å²) in [5, 5.41) is 5.08. The molecule has 0 bridgehead atoms. The number of thiophene rings is 1. The summed E-state index contributed by atoms with van der Waals surface area (Å²) in [4.78, 5) is 12.4. The highest BCUT2D eigenvalue weighted by Gasteiger charge is 2.35. The van der Waals surface area contributed by atoms with Gasteiger partial charge in [-0.25, -0.2) is 8.42 Å². The standard InChI is InChI=1S/C17H19ClN2O3S2/c18-13-5-3-6-14(11-13)19-16(21)12-15-7-1-2-9-20(15)25(22,23)17-8-4-10-24-17/h3-6,8,10-11,15H,1-2,7,9,12H2,(H,19,21)/t15-/m1/s1. The molecule has 0 aliphatic carbocycles. The Labute approximate surface area is 156 Å². The van der Waals surface area contributed by atoms with Gasteiger partial charge in [0.25, 0.3) is 10.0 Å². The van der Waals surface area contributed by atoms with Crippen molar-refractivity contribution in [2.75, 3.05) is 11.9 Å². The van der Waals surface area contributed by atoms with Gasteiger partial charge in [-0.05, 0) is 42.5 Å². The number of piperidine rings is 1. The van der Waals surface area contributed by atoms with E-state index in [4.69, 9.17) is 11.6 Å². The third kappa shape index (κ3) is 4.41. The summed E-state index contributed by atoms with van der Waals surface area (Å²) in [6.07, 6.45) is 2.56. The second-order valence-corrected chi connectivity index (χ2v) is 9.46. The molecule has 3 rings (SSSR count). The molecular formula is C17H19ClN2O3S2. The molecule has 1 aliphatic rings. The molecule has 5 nitrogen and oxygen atoms in total. The van der Waals surface area contributed by atoms with Crippen LogP contribution in [0.25, 0.3) is 0 Å². The summed E-state index contributed by atoms with van der Waals surface area (Å²) >= 11 is 7.13. The van der Waals surface area contributed by atoms with Gasteiger partial charge < -0.3 is 5.32 Å². The normalized spacial score (nSPS) is 18.8. The van der Waals surface area contributed by atoms with E-state index in [1.54, 1.807) is 41.8 Å². The molecule has 1 N–H and O–H groups in total. The average Bonchev–Trinajstić information content (AvgIpc) is 3.10. The van der Waals surface area contributed by atoms with Crippen LogP contribution in [0.4, 0.5) is 5.69 Å². The number of amides is 1. The zero-order valence-corrected chi connectivity index (χ0v) is 15.9. The predicted octanol–water partition coefficient (Wildman–Crippen LogP) is 3.97. The lowest BCUT2D eigenvalue weighted by Crippen LogP contribution is -2.45. The van der Waals surface area contributed by atoms with Gasteiger partial charge in [-0.15, -0.1) is 11.3 Å². The molecule has 0 spiro atoms. The Balaban J connectivity index is 1.72. The molecule has 1 aliphatic heterocycles. The quantitative estimate of drug-likeness (QED) is 0.828. The van der Waals surface area contributed by atoms with Gasteiger partial charge in [-0.2, -0.15) is 4.31 Å². The zero-order chi connectivity index (χ0) is 17.9. The second-order valence-electron chi connectivity index (χ2n) is 5.96. The van der Waals surface area contributed by atoms with Crippen molar-refractivity contribution >= 4 is 44.6 Å². The second kappa shape index (κ2) is 7.86. The van der Waals surface area contributed by atoms with E-state index >= 15 is 0 Å². The number of nitrogens with one attached hydrogen (secondary N) is 1. The Morgan fingerprint density at radius 3 is 2.84 bits per heavy atom. The van der Waals surface area contributed by atoms with Gasteiger partial charge >= 0.3 is 0 Å². The number of carbonyl (C=O) groups is 1. The van der Waals surface area contributed by atoms with Crippen molar-refractivity contribution in [3.05, 3.63) is 46.8 Å². The fourth-order valence-corrected chi connectivity index (χ4v) is 6.02. The van der Waals surface area contributed by atoms with E-state index in [1.807, 2.05) is 0 Å². The number of benzene rings is 1. The van der Waals surface area contributed by atoms with Crippen LogP contribution < -0.4 is 5.32 Å². The monoisotopic (exact) mass is 398 g/mol. The van der Waals surface area contributed by atoms with Crippen molar-refractivity contribution < 1.29 is 13.2 Å². The minimum Gasteiger partial charge on any atom is -0.326 e. The van der Waals surface area contributed by atoms with Crippen molar-refractivity contribution in [3.63, 3.8) is 0 Å². The summed E-state index contributed by atoms with van der Waals surface area (Å²) in [7, 11) is -3.54. The maximum absolute atomic E-state index is 12.8. The lowest BCUT2D eigenvalue weighted by atomic mass is 10.0. The van der Waals surface area contributed by atoms with E-state index in [9.17, 15) is 13.2 Å². The third-order valence-corrected chi connectivity index (χ3v) is 7.72. The minimum absolute atomic E-state index is 0.136. The van der Waals surface area contributed by atoms with E-state index < -0.39 is 10.0 Å². The summed E-state index contributed by atoms with van der Waals surface area (Å²) in [6.45, 7) is 0.454. The van der Waals surface area contributed by atoms with Crippen molar-refractivity contribution in [2.24, 2.45) is 0 Å². The number of carbonyl (C=O) groups excluding carboxylic acids is 1. The van der Waals surface area contributed by atoms with E-state index in [1.165, 1.54) is 15.6 Å². The molecular weight excluding hydrogens is 380 g/mol. The van der Waals surface area contributed by atoms with Crippen LogP contribution in [0.1, 0.15) is 25.7 Å². The topological polar surface area (TPSA) is 66.5 Å². The fourth-order valence-electron chi connectivity index (χ4n) is 3.01. The Kier molecular flexibility index (Phi) is 5.78. The predicted molar refractivity (Wildman–Crippen MR) is 101 cm³/mol. The molecule has 25 heavy (non-hydrogen) atoms. The number of hydrogen-bond acceptors (Lipinski definition) is 4. The molecule has 134 valence electrons. The Morgan fingerprint density at radius 2 is 2.12 bits per heavy atom. The van der Waals surface area contributed by atoms with Crippen LogP contribution in [0, 0.1) is 0 Å². The lowest BCUT2D eigenvalue weighted by molar-refractivity contribution is -0.117. The summed E-state index contributed by atoms with van der Waals surface area (Å²) in [5.41, 5.74) is 0.612. The molecule has 2 heterocycles. The molecule has 8 heteroatoms. The first-order valence-electron chi connectivity index (χ1n) is 8.07. The van der Waals surface area contributed by atoms with E-state index in [0.29, 0.717) is 27.9 Å². The highest BCUT2D eigenvalue weighted by atomic mass is 35.5. The van der Waals surface area contributed by atoms with Crippen LogP contribution in [-0.2, 0) is 14.8 Å². The van der Waals surface area contributed by atoms with Gasteiger partial charge in [0.05, 0.1) is 0 Å². The van der Waals surface area contributed by atoms with Crippen molar-refractivity contribution in [1.82, 2.24) is 4.31 Å². The summed E-state index contributed by atoms with van der Waals surface area (Å²) in [5.74, 6) is -0.208. The SMILES string of the molecule is O=C(C[C@H]1CCCCN1S(=O)(=O)c1cccs1)Nc1cccc(Cl)c1. The Hall–Kier alpha value is -1.41. The number of rotatable bonds is 5. The number of nitrogens with zero attached hydrogens (tertiary/aromatic N) is 1. The molecule has 1 atom stereocenters. The van der Waals surface area contributed by atoms with Gasteiger partial charge in [0.1, 0.15) is 4.21 Å². The van der Waals surface area contributed by atoms with Crippen LogP contribution in [0.5, 0.6) is 0 Å². The Morgan fingerprint density at radius 1 is 1.28 bits per heavy atom. The molecule has 1 aromatic heterocycles. The van der Waals surface area contributed by atoms with Crippen LogP contribution in [-0.4, -0.2) is 31.2 Å². The largest absolute Gasteiger partial charge is 0.326 e. The first kappa shape index (κ1) is 18.4. The molecule has 0 saturated carbocycles. The molecule has 1 aromatic carbocycles. The lowest BCUT2D eigenvalue weighted by Gasteiger charge is -2.34. The van der Waals surface area contributed by atoms with Crippen molar-refractivity contribution in [3.8, 4) is 0 Å². The molecule has 0 radical (unpaired) electrons. The summed E-state index contributed by atoms with van der Waals surface area (Å²) < 4.78 is 27.5. The molecule has 1 saturated heterocycles. The molecule has 2 aromatic rings. The summed E-state index contributed by atoms with van der Waals surface area (Å²) in [6, 6.07) is 9.92. The van der Waals surface area contributed by atoms with Crippen LogP contribution in [0.3, 0.4) is 0 Å². The van der Waals surface area contributed by atoms with Gasteiger partial charge in [0.2, 0.25) is 5.91 Å². The van der Waals surface area contributed by atoms with E-state index in [2.05, 4.69) is 5.32 Å². The van der Waals surface area contributed by atoms with Gasteiger partial charge in [0.15, 0.2) is 0 Å². The maximum Gasteiger partial charge on any atom is 0.252 e. The van der Waals surface area contributed by atoms with Gasteiger partial charge in [-0.3, -0.25) is 4.79 Å². The Bertz CT molecular complexity index is 837. The van der Waals surface area contributed by atoms with Crippen LogP contribution in [0.15, 0.2) is 46.0 Å². The van der Waals surface area contributed by atoms with Crippen LogP contribution >= 0.6 is 22.9 Å². The zero-order valence-electron chi connectivity index (χ0n) is 13.5. The minimum atomic E-state index is -3.54.